The Kier molecular flexibility index (Phi) is 4.54. The first-order chi connectivity index (χ1) is 12.7. The third kappa shape index (κ3) is 3.53. The van der Waals surface area contributed by atoms with Gasteiger partial charge in [0.15, 0.2) is 5.78 Å². The van der Waals surface area contributed by atoms with Crippen molar-refractivity contribution in [3.8, 4) is 0 Å². The highest BCUT2D eigenvalue weighted by Crippen LogP contribution is 2.30. The van der Waals surface area contributed by atoms with Gasteiger partial charge < -0.3 is 10.6 Å². The van der Waals surface area contributed by atoms with Crippen molar-refractivity contribution in [3.63, 3.8) is 0 Å². The number of ketones is 1. The fourth-order valence-corrected chi connectivity index (χ4v) is 3.21. The molecule has 0 amide bonds. The molecule has 2 aromatic carbocycles. The number of hydrogen-bond donors (Lipinski definition) is 2. The van der Waals surface area contributed by atoms with Gasteiger partial charge in [0, 0.05) is 22.8 Å². The largest absolute Gasteiger partial charge is 0.339 e. The zero-order valence-corrected chi connectivity index (χ0v) is 14.8. The molecular formula is C20H17ClN4O. The van der Waals surface area contributed by atoms with Crippen LogP contribution in [0.5, 0.6) is 0 Å². The molecule has 0 bridgehead atoms. The molecule has 0 radical (unpaired) electrons. The maximum Gasteiger partial charge on any atom is 0.229 e. The summed E-state index contributed by atoms with van der Waals surface area (Å²) < 4.78 is 0. The van der Waals surface area contributed by atoms with Gasteiger partial charge in [-0.3, -0.25) is 4.79 Å². The van der Waals surface area contributed by atoms with Crippen LogP contribution in [-0.4, -0.2) is 15.8 Å². The number of para-hydroxylation sites is 1. The van der Waals surface area contributed by atoms with Crippen molar-refractivity contribution in [2.24, 2.45) is 0 Å². The van der Waals surface area contributed by atoms with Crippen molar-refractivity contribution in [1.29, 1.82) is 0 Å². The summed E-state index contributed by atoms with van der Waals surface area (Å²) in [5.74, 6) is 1.05. The molecule has 1 aliphatic carbocycles. The van der Waals surface area contributed by atoms with Crippen LogP contribution in [0.25, 0.3) is 0 Å². The molecule has 0 saturated carbocycles. The molecule has 0 spiro atoms. The molecule has 5 nitrogen and oxygen atoms in total. The van der Waals surface area contributed by atoms with Gasteiger partial charge in [-0.2, -0.15) is 4.98 Å². The van der Waals surface area contributed by atoms with Crippen LogP contribution in [0.2, 0.25) is 5.02 Å². The quantitative estimate of drug-likeness (QED) is 0.671. The van der Waals surface area contributed by atoms with E-state index < -0.39 is 0 Å². The van der Waals surface area contributed by atoms with E-state index in [1.165, 1.54) is 0 Å². The highest BCUT2D eigenvalue weighted by Gasteiger charge is 2.24. The standard InChI is InChI=1S/C20H17ClN4O/c21-13-6-4-9-15(12-13)22-19-18-16(10-5-11-17(18)26)24-20(25-19)23-14-7-2-1-3-8-14/h1-4,6-9,12H,5,10-11H2,(H2,22,23,24,25). The van der Waals surface area contributed by atoms with Crippen LogP contribution in [0.3, 0.4) is 0 Å². The van der Waals surface area contributed by atoms with Crippen LogP contribution in [-0.2, 0) is 6.42 Å². The Morgan fingerprint density at radius 2 is 1.69 bits per heavy atom. The molecule has 1 aliphatic rings. The molecule has 1 aromatic heterocycles. The summed E-state index contributed by atoms with van der Waals surface area (Å²) in [5.41, 5.74) is 3.03. The minimum Gasteiger partial charge on any atom is -0.339 e. The number of hydrogen-bond acceptors (Lipinski definition) is 5. The van der Waals surface area contributed by atoms with Crippen LogP contribution >= 0.6 is 11.6 Å². The number of aryl methyl sites for hydroxylation is 1. The molecule has 1 heterocycles. The van der Waals surface area contributed by atoms with E-state index in [1.807, 2.05) is 42.5 Å². The number of aromatic nitrogens is 2. The third-order valence-corrected chi connectivity index (χ3v) is 4.43. The first-order valence-electron chi connectivity index (χ1n) is 8.48. The van der Waals surface area contributed by atoms with Crippen LogP contribution in [0, 0.1) is 0 Å². The van der Waals surface area contributed by atoms with Crippen LogP contribution in [0.1, 0.15) is 28.9 Å². The van der Waals surface area contributed by atoms with Crippen molar-refractivity contribution < 1.29 is 4.79 Å². The number of nitrogens with one attached hydrogen (secondary N) is 2. The zero-order valence-electron chi connectivity index (χ0n) is 14.0. The lowest BCUT2D eigenvalue weighted by molar-refractivity contribution is 0.0972. The maximum atomic E-state index is 12.5. The van der Waals surface area contributed by atoms with E-state index in [0.29, 0.717) is 28.8 Å². The van der Waals surface area contributed by atoms with E-state index in [9.17, 15) is 4.79 Å². The van der Waals surface area contributed by atoms with E-state index in [-0.39, 0.29) is 5.78 Å². The Morgan fingerprint density at radius 3 is 2.50 bits per heavy atom. The lowest BCUT2D eigenvalue weighted by Gasteiger charge is -2.19. The predicted molar refractivity (Wildman–Crippen MR) is 104 cm³/mol. The number of fused-ring (bicyclic) bond motifs is 1. The second-order valence-electron chi connectivity index (χ2n) is 6.12. The fraction of sp³-hybridized carbons (Fsp3) is 0.150. The van der Waals surface area contributed by atoms with Crippen molar-refractivity contribution in [1.82, 2.24) is 9.97 Å². The van der Waals surface area contributed by atoms with E-state index in [0.717, 1.165) is 29.9 Å². The smallest absolute Gasteiger partial charge is 0.229 e. The molecule has 26 heavy (non-hydrogen) atoms. The lowest BCUT2D eigenvalue weighted by atomic mass is 9.95. The second-order valence-corrected chi connectivity index (χ2v) is 6.56. The minimum atomic E-state index is 0.0713. The summed E-state index contributed by atoms with van der Waals surface area (Å²) in [7, 11) is 0. The summed E-state index contributed by atoms with van der Waals surface area (Å²) in [4.78, 5) is 21.6. The van der Waals surface area contributed by atoms with Crippen LogP contribution in [0.15, 0.2) is 54.6 Å². The van der Waals surface area contributed by atoms with Gasteiger partial charge in [0.1, 0.15) is 5.82 Å². The Labute approximate surface area is 156 Å². The summed E-state index contributed by atoms with van der Waals surface area (Å²) in [5, 5.41) is 7.06. The Balaban J connectivity index is 1.74. The molecule has 0 fully saturated rings. The zero-order chi connectivity index (χ0) is 17.9. The number of benzene rings is 2. The van der Waals surface area contributed by atoms with Crippen molar-refractivity contribution in [3.05, 3.63) is 70.9 Å². The molecule has 0 saturated heterocycles. The fourth-order valence-electron chi connectivity index (χ4n) is 3.02. The Morgan fingerprint density at radius 1 is 0.885 bits per heavy atom. The number of Topliss-reactive ketones (excluding diaryl/α,β-unsaturated/α-hetero) is 1. The van der Waals surface area contributed by atoms with Gasteiger partial charge in [-0.15, -0.1) is 0 Å². The number of rotatable bonds is 4. The summed E-state index contributed by atoms with van der Waals surface area (Å²) in [6, 6.07) is 17.1. The van der Waals surface area contributed by atoms with Gasteiger partial charge in [0.25, 0.3) is 0 Å². The normalized spacial score (nSPS) is 13.2. The number of nitrogens with zero attached hydrogens (tertiary/aromatic N) is 2. The molecule has 130 valence electrons. The first kappa shape index (κ1) is 16.5. The van der Waals surface area contributed by atoms with E-state index in [1.54, 1.807) is 12.1 Å². The monoisotopic (exact) mass is 364 g/mol. The molecule has 0 atom stereocenters. The summed E-state index contributed by atoms with van der Waals surface area (Å²) in [6.45, 7) is 0. The number of carbonyl (C=O) groups is 1. The Hall–Kier alpha value is -2.92. The highest BCUT2D eigenvalue weighted by atomic mass is 35.5. The number of halogens is 1. The minimum absolute atomic E-state index is 0.0713. The summed E-state index contributed by atoms with van der Waals surface area (Å²) >= 11 is 6.07. The third-order valence-electron chi connectivity index (χ3n) is 4.20. The molecule has 4 rings (SSSR count). The van der Waals surface area contributed by atoms with Gasteiger partial charge in [-0.05, 0) is 43.2 Å². The van der Waals surface area contributed by atoms with Crippen molar-refractivity contribution in [2.75, 3.05) is 10.6 Å². The van der Waals surface area contributed by atoms with E-state index >= 15 is 0 Å². The average Bonchev–Trinajstić information content (AvgIpc) is 2.62. The van der Waals surface area contributed by atoms with E-state index in [4.69, 9.17) is 11.6 Å². The highest BCUT2D eigenvalue weighted by molar-refractivity contribution is 6.30. The molecule has 6 heteroatoms. The number of anilines is 4. The Bertz CT molecular complexity index is 959. The van der Waals surface area contributed by atoms with Crippen LogP contribution in [0.4, 0.5) is 23.1 Å². The second kappa shape index (κ2) is 7.14. The van der Waals surface area contributed by atoms with E-state index in [2.05, 4.69) is 20.6 Å². The van der Waals surface area contributed by atoms with Crippen LogP contribution < -0.4 is 10.6 Å². The molecule has 0 unspecified atom stereocenters. The predicted octanol–water partition coefficient (Wildman–Crippen LogP) is 5.14. The number of carbonyl (C=O) groups excluding carboxylic acids is 1. The van der Waals surface area contributed by atoms with Gasteiger partial charge in [0.2, 0.25) is 5.95 Å². The summed E-state index contributed by atoms with van der Waals surface area (Å²) in [6.07, 6.45) is 2.09. The van der Waals surface area contributed by atoms with Crippen molar-refractivity contribution in [2.45, 2.75) is 19.3 Å². The molecule has 2 N–H and O–H groups in total. The molecule has 0 aliphatic heterocycles. The van der Waals surface area contributed by atoms with Crippen molar-refractivity contribution >= 4 is 40.5 Å². The van der Waals surface area contributed by atoms with Gasteiger partial charge >= 0.3 is 0 Å². The topological polar surface area (TPSA) is 66.9 Å². The lowest BCUT2D eigenvalue weighted by Crippen LogP contribution is -2.17. The van der Waals surface area contributed by atoms with Gasteiger partial charge in [-0.1, -0.05) is 35.9 Å². The average molecular weight is 365 g/mol. The SMILES string of the molecule is O=C1CCCc2nc(Nc3ccccc3)nc(Nc3cccc(Cl)c3)c21. The van der Waals surface area contributed by atoms with Gasteiger partial charge in [0.05, 0.1) is 11.3 Å². The maximum absolute atomic E-state index is 12.5. The molecule has 3 aromatic rings. The first-order valence-corrected chi connectivity index (χ1v) is 8.85. The molecular weight excluding hydrogens is 348 g/mol. The van der Waals surface area contributed by atoms with Gasteiger partial charge in [-0.25, -0.2) is 4.98 Å².